The standard InChI is InChI=1S/C13H18BrClN2O2S.ClH/c1-13(4-6-16-7-5-13)9-17-20(18,19)12-8-10(14)2-3-11(12)15;/h2-3,8,16-17H,4-7,9H2,1H3;1H. The van der Waals surface area contributed by atoms with Crippen LogP contribution in [0.3, 0.4) is 0 Å². The second-order valence-electron chi connectivity index (χ2n) is 5.46. The van der Waals surface area contributed by atoms with E-state index in [2.05, 4.69) is 32.9 Å². The van der Waals surface area contributed by atoms with E-state index in [-0.39, 0.29) is 27.7 Å². The van der Waals surface area contributed by atoms with Crippen molar-refractivity contribution < 1.29 is 8.42 Å². The van der Waals surface area contributed by atoms with Crippen LogP contribution in [-0.2, 0) is 10.0 Å². The molecule has 1 aliphatic heterocycles. The Morgan fingerprint density at radius 2 is 2.00 bits per heavy atom. The van der Waals surface area contributed by atoms with Gasteiger partial charge in [-0.25, -0.2) is 13.1 Å². The van der Waals surface area contributed by atoms with Crippen molar-refractivity contribution in [1.29, 1.82) is 0 Å². The zero-order valence-corrected chi connectivity index (χ0v) is 15.6. The maximum absolute atomic E-state index is 12.4. The van der Waals surface area contributed by atoms with Crippen molar-refractivity contribution >= 4 is 50.0 Å². The van der Waals surface area contributed by atoms with E-state index < -0.39 is 10.0 Å². The Morgan fingerprint density at radius 1 is 1.38 bits per heavy atom. The normalized spacial score (nSPS) is 18.0. The number of rotatable bonds is 4. The van der Waals surface area contributed by atoms with Gasteiger partial charge in [-0.2, -0.15) is 0 Å². The number of sulfonamides is 1. The zero-order chi connectivity index (χ0) is 14.8. The molecule has 0 aromatic heterocycles. The molecule has 2 rings (SSSR count). The molecular formula is C13H19BrCl2N2O2S. The van der Waals surface area contributed by atoms with Gasteiger partial charge in [0.05, 0.1) is 5.02 Å². The predicted octanol–water partition coefficient (Wildman–Crippen LogP) is 3.19. The number of benzene rings is 1. The monoisotopic (exact) mass is 416 g/mol. The van der Waals surface area contributed by atoms with Gasteiger partial charge in [-0.15, -0.1) is 12.4 Å². The molecule has 1 aromatic rings. The quantitative estimate of drug-likeness (QED) is 0.790. The first kappa shape index (κ1) is 19.2. The summed E-state index contributed by atoms with van der Waals surface area (Å²) in [6.45, 7) is 4.39. The average Bonchev–Trinajstić information content (AvgIpc) is 2.40. The van der Waals surface area contributed by atoms with Gasteiger partial charge in [-0.3, -0.25) is 0 Å². The zero-order valence-electron chi connectivity index (χ0n) is 11.7. The Balaban J connectivity index is 0.00000220. The van der Waals surface area contributed by atoms with E-state index >= 15 is 0 Å². The SMILES string of the molecule is CC1(CNS(=O)(=O)c2cc(Br)ccc2Cl)CCNCC1.Cl. The van der Waals surface area contributed by atoms with Crippen LogP contribution in [0.5, 0.6) is 0 Å². The van der Waals surface area contributed by atoms with Crippen molar-refractivity contribution in [2.24, 2.45) is 5.41 Å². The molecule has 0 atom stereocenters. The third kappa shape index (κ3) is 5.08. The molecule has 1 saturated heterocycles. The highest BCUT2D eigenvalue weighted by Gasteiger charge is 2.29. The molecule has 1 aliphatic rings. The summed E-state index contributed by atoms with van der Waals surface area (Å²) in [6, 6.07) is 4.82. The first-order chi connectivity index (χ1) is 9.32. The van der Waals surface area contributed by atoms with Gasteiger partial charge in [-0.05, 0) is 49.5 Å². The van der Waals surface area contributed by atoms with E-state index in [1.54, 1.807) is 12.1 Å². The fraction of sp³-hybridized carbons (Fsp3) is 0.538. The van der Waals surface area contributed by atoms with Crippen molar-refractivity contribution in [2.45, 2.75) is 24.7 Å². The fourth-order valence-electron chi connectivity index (χ4n) is 2.24. The van der Waals surface area contributed by atoms with Gasteiger partial charge in [0.1, 0.15) is 4.90 Å². The van der Waals surface area contributed by atoms with Crippen molar-refractivity contribution in [1.82, 2.24) is 10.0 Å². The van der Waals surface area contributed by atoms with Crippen LogP contribution in [0.4, 0.5) is 0 Å². The van der Waals surface area contributed by atoms with E-state index in [0.29, 0.717) is 11.0 Å². The minimum Gasteiger partial charge on any atom is -0.317 e. The molecule has 2 N–H and O–H groups in total. The molecule has 120 valence electrons. The number of halogens is 3. The highest BCUT2D eigenvalue weighted by atomic mass is 79.9. The van der Waals surface area contributed by atoms with Crippen LogP contribution in [0.2, 0.25) is 5.02 Å². The maximum Gasteiger partial charge on any atom is 0.242 e. The summed E-state index contributed by atoms with van der Waals surface area (Å²) in [5.74, 6) is 0. The van der Waals surface area contributed by atoms with Gasteiger partial charge in [0.2, 0.25) is 10.0 Å². The van der Waals surface area contributed by atoms with Crippen LogP contribution in [-0.4, -0.2) is 28.1 Å². The first-order valence-electron chi connectivity index (χ1n) is 6.48. The Hall–Kier alpha value is 0.150. The highest BCUT2D eigenvalue weighted by Crippen LogP contribution is 2.29. The fourth-order valence-corrected chi connectivity index (χ4v) is 4.47. The third-order valence-corrected chi connectivity index (χ3v) is 6.06. The summed E-state index contributed by atoms with van der Waals surface area (Å²) >= 11 is 9.25. The molecule has 1 fully saturated rings. The molecule has 0 spiro atoms. The molecule has 0 amide bonds. The van der Waals surface area contributed by atoms with E-state index in [9.17, 15) is 8.42 Å². The highest BCUT2D eigenvalue weighted by molar-refractivity contribution is 9.10. The number of piperidine rings is 1. The van der Waals surface area contributed by atoms with Gasteiger partial charge < -0.3 is 5.32 Å². The van der Waals surface area contributed by atoms with Crippen molar-refractivity contribution in [3.63, 3.8) is 0 Å². The van der Waals surface area contributed by atoms with Crippen LogP contribution < -0.4 is 10.0 Å². The van der Waals surface area contributed by atoms with Crippen LogP contribution in [0.15, 0.2) is 27.6 Å². The molecule has 21 heavy (non-hydrogen) atoms. The number of hydrogen-bond acceptors (Lipinski definition) is 3. The summed E-state index contributed by atoms with van der Waals surface area (Å²) in [6.07, 6.45) is 1.92. The first-order valence-corrected chi connectivity index (χ1v) is 9.13. The topological polar surface area (TPSA) is 58.2 Å². The van der Waals surface area contributed by atoms with E-state index in [0.717, 1.165) is 25.9 Å². The average molecular weight is 418 g/mol. The minimum atomic E-state index is -3.58. The molecule has 8 heteroatoms. The molecule has 0 unspecified atom stereocenters. The lowest BCUT2D eigenvalue weighted by atomic mass is 9.81. The molecule has 1 heterocycles. The number of hydrogen-bond donors (Lipinski definition) is 2. The van der Waals surface area contributed by atoms with Crippen LogP contribution in [0.1, 0.15) is 19.8 Å². The van der Waals surface area contributed by atoms with E-state index in [1.165, 1.54) is 6.07 Å². The van der Waals surface area contributed by atoms with Crippen LogP contribution in [0.25, 0.3) is 0 Å². The third-order valence-electron chi connectivity index (χ3n) is 3.68. The second-order valence-corrected chi connectivity index (χ2v) is 8.52. The van der Waals surface area contributed by atoms with E-state index in [4.69, 9.17) is 11.6 Å². The summed E-state index contributed by atoms with van der Waals surface area (Å²) < 4.78 is 28.1. The van der Waals surface area contributed by atoms with Crippen molar-refractivity contribution in [3.05, 3.63) is 27.7 Å². The van der Waals surface area contributed by atoms with Crippen LogP contribution >= 0.6 is 39.9 Å². The summed E-state index contributed by atoms with van der Waals surface area (Å²) in [4.78, 5) is 0.117. The van der Waals surface area contributed by atoms with Crippen LogP contribution in [0, 0.1) is 5.41 Å². The second kappa shape index (κ2) is 7.62. The Kier molecular flexibility index (Phi) is 6.96. The molecule has 0 aliphatic carbocycles. The Bertz CT molecular complexity index is 590. The minimum absolute atomic E-state index is 0. The molecule has 0 radical (unpaired) electrons. The molecular weight excluding hydrogens is 399 g/mol. The van der Waals surface area contributed by atoms with Crippen molar-refractivity contribution in [3.8, 4) is 0 Å². The lowest BCUT2D eigenvalue weighted by Gasteiger charge is -2.34. The lowest BCUT2D eigenvalue weighted by molar-refractivity contribution is 0.232. The van der Waals surface area contributed by atoms with Gasteiger partial charge >= 0.3 is 0 Å². The summed E-state index contributed by atoms with van der Waals surface area (Å²) in [5.41, 5.74) is -0.00317. The molecule has 4 nitrogen and oxygen atoms in total. The predicted molar refractivity (Wildman–Crippen MR) is 91.8 cm³/mol. The Morgan fingerprint density at radius 3 is 2.62 bits per heavy atom. The van der Waals surface area contributed by atoms with Gasteiger partial charge in [-0.1, -0.05) is 34.5 Å². The van der Waals surface area contributed by atoms with E-state index in [1.807, 2.05) is 0 Å². The van der Waals surface area contributed by atoms with Crippen molar-refractivity contribution in [2.75, 3.05) is 19.6 Å². The van der Waals surface area contributed by atoms with Gasteiger partial charge in [0, 0.05) is 11.0 Å². The van der Waals surface area contributed by atoms with Gasteiger partial charge in [0.25, 0.3) is 0 Å². The molecule has 0 saturated carbocycles. The summed E-state index contributed by atoms with van der Waals surface area (Å²) in [5, 5.41) is 3.51. The number of nitrogens with one attached hydrogen (secondary N) is 2. The molecule has 1 aromatic carbocycles. The smallest absolute Gasteiger partial charge is 0.242 e. The summed E-state index contributed by atoms with van der Waals surface area (Å²) in [7, 11) is -3.58. The molecule has 0 bridgehead atoms. The van der Waals surface area contributed by atoms with Gasteiger partial charge in [0.15, 0.2) is 0 Å². The Labute approximate surface area is 145 Å². The largest absolute Gasteiger partial charge is 0.317 e. The maximum atomic E-state index is 12.4. The lowest BCUT2D eigenvalue weighted by Crippen LogP contribution is -2.42.